The van der Waals surface area contributed by atoms with Crippen LogP contribution in [0.3, 0.4) is 0 Å². The van der Waals surface area contributed by atoms with Crippen LogP contribution in [0.1, 0.15) is 36.2 Å². The molecule has 0 bridgehead atoms. The van der Waals surface area contributed by atoms with E-state index in [0.29, 0.717) is 0 Å². The minimum absolute atomic E-state index is 0.0127. The van der Waals surface area contributed by atoms with E-state index in [-0.39, 0.29) is 46.2 Å². The Balaban J connectivity index is 2.00. The molecule has 0 radical (unpaired) electrons. The third kappa shape index (κ3) is 5.64. The minimum atomic E-state index is -9.84. The fourth-order valence-electron chi connectivity index (χ4n) is 3.24. The van der Waals surface area contributed by atoms with Gasteiger partial charge in [-0.3, -0.25) is 4.79 Å². The second-order valence-electron chi connectivity index (χ2n) is 8.13. The molecular formula is C23H21F6NO4S. The maximum absolute atomic E-state index is 14.7. The molecule has 0 saturated carbocycles. The molecule has 0 heterocycles. The molecule has 0 saturated heterocycles. The monoisotopic (exact) mass is 521 g/mol. The number of carboxylic acids is 1. The Bertz CT molecular complexity index is 1310. The molecule has 3 aromatic carbocycles. The number of benzene rings is 3. The number of hydrogen-bond acceptors (Lipinski definition) is 3. The van der Waals surface area contributed by atoms with Gasteiger partial charge in [0.05, 0.1) is 5.56 Å². The standard InChI is InChI=1S/C23H21F6NO4S/c1-3-23(2,22(32)33)30-21(31)18-12-19(24)16-6-4-5-7-17(16)20(18)34-13-14-8-10-15(11-9-14)35(25,26,27,28)29/h4-12H,3,13H2,1-2H3,(H,30,31)(H,32,33). The second kappa shape index (κ2) is 8.08. The quantitative estimate of drug-likeness (QED) is 0.308. The number of amides is 1. The zero-order valence-electron chi connectivity index (χ0n) is 18.5. The van der Waals surface area contributed by atoms with Crippen molar-refractivity contribution in [2.45, 2.75) is 37.3 Å². The number of carbonyl (C=O) groups is 2. The van der Waals surface area contributed by atoms with Crippen LogP contribution >= 0.6 is 10.2 Å². The van der Waals surface area contributed by atoms with Crippen molar-refractivity contribution in [3.05, 3.63) is 71.5 Å². The minimum Gasteiger partial charge on any atom is -0.487 e. The molecule has 1 unspecified atom stereocenters. The highest BCUT2D eigenvalue weighted by Crippen LogP contribution is 3.02. The Hall–Kier alpha value is -3.41. The summed E-state index contributed by atoms with van der Waals surface area (Å²) >= 11 is 0. The van der Waals surface area contributed by atoms with Crippen LogP contribution in [0.25, 0.3) is 10.8 Å². The third-order valence-electron chi connectivity index (χ3n) is 5.51. The van der Waals surface area contributed by atoms with Crippen LogP contribution in [-0.4, -0.2) is 22.5 Å². The van der Waals surface area contributed by atoms with Crippen LogP contribution in [-0.2, 0) is 11.4 Å². The van der Waals surface area contributed by atoms with Crippen molar-refractivity contribution in [2.75, 3.05) is 0 Å². The summed E-state index contributed by atoms with van der Waals surface area (Å²) in [6.45, 7) is 2.36. The molecule has 0 aromatic heterocycles. The van der Waals surface area contributed by atoms with Gasteiger partial charge in [0.2, 0.25) is 0 Å². The molecule has 0 fully saturated rings. The number of hydrogen-bond donors (Lipinski definition) is 2. The molecule has 3 rings (SSSR count). The lowest BCUT2D eigenvalue weighted by atomic mass is 9.97. The Labute approximate surface area is 196 Å². The molecule has 1 atom stereocenters. The van der Waals surface area contributed by atoms with E-state index in [1.165, 1.54) is 38.1 Å². The number of carboxylic acid groups (broad SMARTS) is 1. The summed E-state index contributed by atoms with van der Waals surface area (Å²) in [6.07, 6.45) is 0.0127. The largest absolute Gasteiger partial charge is 0.487 e. The summed E-state index contributed by atoms with van der Waals surface area (Å²) < 4.78 is 85.2. The molecule has 1 amide bonds. The van der Waals surface area contributed by atoms with Crippen molar-refractivity contribution < 1.29 is 43.3 Å². The van der Waals surface area contributed by atoms with E-state index in [2.05, 4.69) is 5.32 Å². The van der Waals surface area contributed by atoms with Crippen LogP contribution in [0.15, 0.2) is 59.5 Å². The lowest BCUT2D eigenvalue weighted by Crippen LogP contribution is -2.51. The molecule has 0 aliphatic rings. The Morgan fingerprint density at radius 2 is 1.57 bits per heavy atom. The first kappa shape index (κ1) is 26.2. The molecule has 5 nitrogen and oxygen atoms in total. The van der Waals surface area contributed by atoms with E-state index >= 15 is 0 Å². The van der Waals surface area contributed by atoms with Gasteiger partial charge in [0, 0.05) is 10.8 Å². The predicted molar refractivity (Wildman–Crippen MR) is 120 cm³/mol. The zero-order chi connectivity index (χ0) is 26.3. The molecule has 190 valence electrons. The Morgan fingerprint density at radius 1 is 1.00 bits per heavy atom. The predicted octanol–water partition coefficient (Wildman–Crippen LogP) is 7.20. The van der Waals surface area contributed by atoms with Gasteiger partial charge in [0.1, 0.15) is 28.6 Å². The van der Waals surface area contributed by atoms with Gasteiger partial charge in [-0.15, -0.1) is 0 Å². The maximum atomic E-state index is 14.7. The second-order valence-corrected chi connectivity index (χ2v) is 10.5. The molecule has 35 heavy (non-hydrogen) atoms. The molecule has 0 spiro atoms. The van der Waals surface area contributed by atoms with E-state index in [4.69, 9.17) is 4.74 Å². The number of halogens is 6. The lowest BCUT2D eigenvalue weighted by molar-refractivity contribution is -0.143. The summed E-state index contributed by atoms with van der Waals surface area (Å²) in [7, 11) is -9.84. The first-order valence-electron chi connectivity index (χ1n) is 10.2. The molecule has 12 heteroatoms. The fraction of sp³-hybridized carbons (Fsp3) is 0.217. The van der Waals surface area contributed by atoms with Crippen molar-refractivity contribution in [2.24, 2.45) is 0 Å². The van der Waals surface area contributed by atoms with Gasteiger partial charge in [0.15, 0.2) is 0 Å². The van der Waals surface area contributed by atoms with Crippen molar-refractivity contribution in [1.82, 2.24) is 5.32 Å². The number of rotatable bonds is 8. The average Bonchev–Trinajstić information content (AvgIpc) is 2.77. The maximum Gasteiger partial charge on any atom is 0.329 e. The highest BCUT2D eigenvalue weighted by Gasteiger charge is 2.65. The van der Waals surface area contributed by atoms with E-state index in [1.807, 2.05) is 0 Å². The van der Waals surface area contributed by atoms with Crippen molar-refractivity contribution in [3.8, 4) is 5.75 Å². The number of carbonyl (C=O) groups excluding carboxylic acids is 1. The molecule has 3 aromatic rings. The highest BCUT2D eigenvalue weighted by molar-refractivity contribution is 8.45. The smallest absolute Gasteiger partial charge is 0.329 e. The van der Waals surface area contributed by atoms with Gasteiger partial charge in [-0.1, -0.05) is 62.8 Å². The van der Waals surface area contributed by atoms with Gasteiger partial charge in [-0.2, -0.15) is 0 Å². The van der Waals surface area contributed by atoms with Crippen molar-refractivity contribution in [3.63, 3.8) is 0 Å². The van der Waals surface area contributed by atoms with Crippen molar-refractivity contribution >= 4 is 32.9 Å². The topological polar surface area (TPSA) is 75.6 Å². The zero-order valence-corrected chi connectivity index (χ0v) is 19.3. The van der Waals surface area contributed by atoms with Gasteiger partial charge in [-0.25, -0.2) is 9.18 Å². The van der Waals surface area contributed by atoms with E-state index in [9.17, 15) is 38.5 Å². The van der Waals surface area contributed by atoms with Crippen molar-refractivity contribution in [1.29, 1.82) is 0 Å². The number of ether oxygens (including phenoxy) is 1. The van der Waals surface area contributed by atoms with Crippen LogP contribution in [0.2, 0.25) is 0 Å². The summed E-state index contributed by atoms with van der Waals surface area (Å²) in [5, 5.41) is 12.0. The van der Waals surface area contributed by atoms with E-state index in [1.54, 1.807) is 0 Å². The van der Waals surface area contributed by atoms with Gasteiger partial charge >= 0.3 is 16.2 Å². The molecule has 0 aliphatic carbocycles. The highest BCUT2D eigenvalue weighted by atomic mass is 32.5. The molecule has 2 N–H and O–H groups in total. The Morgan fingerprint density at radius 3 is 2.09 bits per heavy atom. The summed E-state index contributed by atoms with van der Waals surface area (Å²) in [4.78, 5) is 22.5. The van der Waals surface area contributed by atoms with Gasteiger partial charge in [-0.05, 0) is 37.1 Å². The average molecular weight is 521 g/mol. The van der Waals surface area contributed by atoms with Crippen LogP contribution < -0.4 is 10.1 Å². The van der Waals surface area contributed by atoms with Crippen LogP contribution in [0.4, 0.5) is 23.8 Å². The number of aliphatic carboxylic acids is 1. The Kier molecular flexibility index (Phi) is 6.04. The van der Waals surface area contributed by atoms with Gasteiger partial charge in [0.25, 0.3) is 5.91 Å². The summed E-state index contributed by atoms with van der Waals surface area (Å²) in [5.74, 6) is -3.21. The SMILES string of the molecule is CCC(C)(NC(=O)c1cc(F)c2ccccc2c1OCc1ccc(S(F)(F)(F)(F)F)cc1)C(=O)O. The lowest BCUT2D eigenvalue weighted by Gasteiger charge is -2.40. The number of nitrogens with one attached hydrogen (secondary N) is 1. The van der Waals surface area contributed by atoms with E-state index < -0.39 is 45.0 Å². The summed E-state index contributed by atoms with van der Waals surface area (Å²) in [5.41, 5.74) is -1.94. The first-order chi connectivity index (χ1) is 15.9. The van der Waals surface area contributed by atoms with E-state index in [0.717, 1.165) is 18.2 Å². The normalized spacial score (nSPS) is 15.5. The third-order valence-corrected chi connectivity index (χ3v) is 6.67. The van der Waals surface area contributed by atoms with Crippen LogP contribution in [0, 0.1) is 5.82 Å². The number of fused-ring (bicyclic) bond motifs is 1. The summed E-state index contributed by atoms with van der Waals surface area (Å²) in [6, 6.07) is 8.86. The molecular weight excluding hydrogens is 500 g/mol. The van der Waals surface area contributed by atoms with Gasteiger partial charge < -0.3 is 15.2 Å². The first-order valence-corrected chi connectivity index (χ1v) is 12.1. The molecule has 0 aliphatic heterocycles. The van der Waals surface area contributed by atoms with Crippen LogP contribution in [0.5, 0.6) is 5.75 Å². The fourth-order valence-corrected chi connectivity index (χ4v) is 3.89.